The minimum absolute atomic E-state index is 0.00236. The van der Waals surface area contributed by atoms with Crippen molar-refractivity contribution in [1.29, 1.82) is 0 Å². The van der Waals surface area contributed by atoms with E-state index in [1.54, 1.807) is 0 Å². The van der Waals surface area contributed by atoms with Gasteiger partial charge in [-0.15, -0.1) is 0 Å². The summed E-state index contributed by atoms with van der Waals surface area (Å²) in [7, 11) is 2.11. The SMILES string of the molecule is CN1CCN(C(=O)N[C@H](CCN2[C@H]3CC[C@H]2CC2(C3)CN(C3CC3)C(=O)CO2)c2ccccc2)CC1. The fourth-order valence-corrected chi connectivity index (χ4v) is 7.00. The highest BCUT2D eigenvalue weighted by Crippen LogP contribution is 2.45. The lowest BCUT2D eigenvalue weighted by molar-refractivity contribution is -0.177. The molecule has 2 bridgehead atoms. The second-order valence-corrected chi connectivity index (χ2v) is 11.7. The summed E-state index contributed by atoms with van der Waals surface area (Å²) in [6.45, 7) is 5.42. The number of hydrogen-bond donors (Lipinski definition) is 1. The molecule has 1 saturated carbocycles. The Hall–Kier alpha value is -2.16. The zero-order chi connectivity index (χ0) is 24.7. The molecule has 1 aliphatic carbocycles. The second-order valence-electron chi connectivity index (χ2n) is 11.7. The van der Waals surface area contributed by atoms with Gasteiger partial charge < -0.3 is 24.8 Å². The molecular formula is C28H41N5O3. The van der Waals surface area contributed by atoms with Crippen molar-refractivity contribution in [2.75, 3.05) is 52.9 Å². The largest absolute Gasteiger partial charge is 0.363 e. The van der Waals surface area contributed by atoms with Gasteiger partial charge in [0, 0.05) is 50.8 Å². The van der Waals surface area contributed by atoms with Crippen molar-refractivity contribution in [2.45, 2.75) is 74.7 Å². The molecule has 5 aliphatic rings. The molecule has 1 aromatic rings. The van der Waals surface area contributed by atoms with Crippen molar-refractivity contribution >= 4 is 11.9 Å². The summed E-state index contributed by atoms with van der Waals surface area (Å²) in [5.41, 5.74) is 1.02. The number of ether oxygens (including phenoxy) is 1. The molecule has 4 heterocycles. The average molecular weight is 496 g/mol. The minimum Gasteiger partial charge on any atom is -0.363 e. The lowest BCUT2D eigenvalue weighted by Gasteiger charge is -2.50. The van der Waals surface area contributed by atoms with Gasteiger partial charge in [-0.1, -0.05) is 30.3 Å². The number of carbonyl (C=O) groups is 2. The number of morpholine rings is 1. The van der Waals surface area contributed by atoms with E-state index >= 15 is 0 Å². The van der Waals surface area contributed by atoms with Crippen LogP contribution in [0, 0.1) is 0 Å². The molecule has 8 nitrogen and oxygen atoms in total. The molecule has 0 radical (unpaired) electrons. The Bertz CT molecular complexity index is 932. The molecular weight excluding hydrogens is 454 g/mol. The summed E-state index contributed by atoms with van der Waals surface area (Å²) in [6, 6.07) is 11.9. The summed E-state index contributed by atoms with van der Waals surface area (Å²) in [5, 5.41) is 3.37. The predicted octanol–water partition coefficient (Wildman–Crippen LogP) is 2.46. The van der Waals surface area contributed by atoms with Gasteiger partial charge in [0.25, 0.3) is 0 Å². The predicted molar refractivity (Wildman–Crippen MR) is 138 cm³/mol. The van der Waals surface area contributed by atoms with Crippen molar-refractivity contribution in [3.05, 3.63) is 35.9 Å². The van der Waals surface area contributed by atoms with Crippen LogP contribution in [0.1, 0.15) is 56.6 Å². The van der Waals surface area contributed by atoms with E-state index in [1.807, 2.05) is 11.0 Å². The molecule has 36 heavy (non-hydrogen) atoms. The topological polar surface area (TPSA) is 68.4 Å². The Labute approximate surface area is 214 Å². The fourth-order valence-electron chi connectivity index (χ4n) is 7.00. The third-order valence-electron chi connectivity index (χ3n) is 9.22. The van der Waals surface area contributed by atoms with Gasteiger partial charge in [0.15, 0.2) is 0 Å². The van der Waals surface area contributed by atoms with Crippen LogP contribution < -0.4 is 5.32 Å². The third kappa shape index (κ3) is 5.00. The number of amides is 3. The molecule has 5 fully saturated rings. The lowest BCUT2D eigenvalue weighted by atomic mass is 9.84. The first-order valence-electron chi connectivity index (χ1n) is 14.0. The van der Waals surface area contributed by atoms with Crippen molar-refractivity contribution in [1.82, 2.24) is 24.9 Å². The van der Waals surface area contributed by atoms with Gasteiger partial charge >= 0.3 is 6.03 Å². The molecule has 0 unspecified atom stereocenters. The van der Waals surface area contributed by atoms with Crippen LogP contribution in [0.15, 0.2) is 30.3 Å². The van der Waals surface area contributed by atoms with Crippen LogP contribution >= 0.6 is 0 Å². The van der Waals surface area contributed by atoms with Gasteiger partial charge in [-0.05, 0) is 57.6 Å². The Balaban J connectivity index is 1.10. The van der Waals surface area contributed by atoms with Gasteiger partial charge in [-0.3, -0.25) is 9.69 Å². The Morgan fingerprint density at radius 2 is 1.69 bits per heavy atom. The minimum atomic E-state index is -0.159. The zero-order valence-corrected chi connectivity index (χ0v) is 21.6. The average Bonchev–Trinajstić information content (AvgIpc) is 3.70. The molecule has 8 heteroatoms. The normalized spacial score (nSPS) is 32.2. The zero-order valence-electron chi connectivity index (χ0n) is 21.6. The van der Waals surface area contributed by atoms with E-state index in [1.165, 1.54) is 18.4 Å². The monoisotopic (exact) mass is 495 g/mol. The first-order valence-corrected chi connectivity index (χ1v) is 14.0. The fraction of sp³-hybridized carbons (Fsp3) is 0.714. The van der Waals surface area contributed by atoms with E-state index in [2.05, 4.69) is 51.3 Å². The molecule has 1 N–H and O–H groups in total. The van der Waals surface area contributed by atoms with Gasteiger partial charge in [0.05, 0.1) is 18.2 Å². The first kappa shape index (κ1) is 24.2. The van der Waals surface area contributed by atoms with Gasteiger partial charge in [0.1, 0.15) is 6.61 Å². The molecule has 0 aromatic heterocycles. The summed E-state index contributed by atoms with van der Waals surface area (Å²) in [6.07, 6.45) is 7.65. The van der Waals surface area contributed by atoms with Crippen molar-refractivity contribution < 1.29 is 14.3 Å². The van der Waals surface area contributed by atoms with Crippen LogP contribution in [0.25, 0.3) is 0 Å². The Morgan fingerprint density at radius 3 is 2.36 bits per heavy atom. The van der Waals surface area contributed by atoms with E-state index in [-0.39, 0.29) is 30.2 Å². The van der Waals surface area contributed by atoms with Gasteiger partial charge in [-0.2, -0.15) is 0 Å². The van der Waals surface area contributed by atoms with Crippen molar-refractivity contribution in [2.24, 2.45) is 0 Å². The Kier molecular flexibility index (Phi) is 6.69. The highest BCUT2D eigenvalue weighted by molar-refractivity contribution is 5.79. The summed E-state index contributed by atoms with van der Waals surface area (Å²) < 4.78 is 6.29. The number of urea groups is 1. The molecule has 3 amide bonds. The molecule has 1 aromatic carbocycles. The third-order valence-corrected chi connectivity index (χ3v) is 9.22. The number of carbonyl (C=O) groups excluding carboxylic acids is 2. The van der Waals surface area contributed by atoms with E-state index in [0.29, 0.717) is 18.1 Å². The number of nitrogens with one attached hydrogen (secondary N) is 1. The van der Waals surface area contributed by atoms with Crippen molar-refractivity contribution in [3.8, 4) is 0 Å². The van der Waals surface area contributed by atoms with Crippen molar-refractivity contribution in [3.63, 3.8) is 0 Å². The van der Waals surface area contributed by atoms with E-state index in [0.717, 1.165) is 71.4 Å². The van der Waals surface area contributed by atoms with Crippen LogP contribution in [0.2, 0.25) is 0 Å². The second kappa shape index (κ2) is 9.95. The van der Waals surface area contributed by atoms with Crippen LogP contribution in [0.3, 0.4) is 0 Å². The molecule has 1 spiro atoms. The smallest absolute Gasteiger partial charge is 0.317 e. The number of rotatable bonds is 6. The quantitative estimate of drug-likeness (QED) is 0.657. The van der Waals surface area contributed by atoms with E-state index < -0.39 is 0 Å². The van der Waals surface area contributed by atoms with Crippen LogP contribution in [-0.4, -0.2) is 108 Å². The number of nitrogens with zero attached hydrogens (tertiary/aromatic N) is 4. The number of piperidine rings is 1. The van der Waals surface area contributed by atoms with Crippen LogP contribution in [-0.2, 0) is 9.53 Å². The summed E-state index contributed by atoms with van der Waals surface area (Å²) >= 11 is 0. The molecule has 4 aliphatic heterocycles. The first-order chi connectivity index (χ1) is 17.5. The van der Waals surface area contributed by atoms with E-state index in [9.17, 15) is 9.59 Å². The molecule has 6 rings (SSSR count). The maximum Gasteiger partial charge on any atom is 0.317 e. The number of hydrogen-bond acceptors (Lipinski definition) is 5. The maximum absolute atomic E-state index is 13.1. The highest BCUT2D eigenvalue weighted by atomic mass is 16.5. The van der Waals surface area contributed by atoms with Gasteiger partial charge in [-0.25, -0.2) is 4.79 Å². The number of likely N-dealkylation sites (N-methyl/N-ethyl adjacent to an activating group) is 1. The highest BCUT2D eigenvalue weighted by Gasteiger charge is 2.53. The number of fused-ring (bicyclic) bond motifs is 2. The number of piperazine rings is 1. The van der Waals surface area contributed by atoms with E-state index in [4.69, 9.17) is 4.74 Å². The summed E-state index contributed by atoms with van der Waals surface area (Å²) in [5.74, 6) is 0.180. The standard InChI is InChI=1S/C28H41N5O3/c1-30-13-15-31(16-14-30)27(35)29-25(21-5-3-2-4-6-21)11-12-32-23-9-10-24(32)18-28(17-23)20-33(22-7-8-22)26(34)19-36-28/h2-6,22-25H,7-20H2,1H3,(H,29,35)/t23-,24-,25+/m0/s1. The maximum atomic E-state index is 13.1. The van der Waals surface area contributed by atoms with Crippen LogP contribution in [0.5, 0.6) is 0 Å². The molecule has 4 saturated heterocycles. The molecule has 3 atom stereocenters. The Morgan fingerprint density at radius 1 is 1.03 bits per heavy atom. The molecule has 196 valence electrons. The summed E-state index contributed by atoms with van der Waals surface area (Å²) in [4.78, 5) is 34.6. The lowest BCUT2D eigenvalue weighted by Crippen LogP contribution is -2.62. The number of benzene rings is 1. The van der Waals surface area contributed by atoms with Crippen LogP contribution in [0.4, 0.5) is 4.79 Å². The van der Waals surface area contributed by atoms with Gasteiger partial charge in [0.2, 0.25) is 5.91 Å².